The molecule has 0 saturated carbocycles. The third kappa shape index (κ3) is 3.02. The molecule has 1 saturated heterocycles. The molecule has 1 fully saturated rings. The Morgan fingerprint density at radius 3 is 2.05 bits per heavy atom. The lowest BCUT2D eigenvalue weighted by Crippen LogP contribution is -2.47. The summed E-state index contributed by atoms with van der Waals surface area (Å²) in [5, 5.41) is 0.295. The summed E-state index contributed by atoms with van der Waals surface area (Å²) < 4.78 is 28.0. The molecular formula is C13H16BrCl2NO2S. The fourth-order valence-corrected chi connectivity index (χ4v) is 6.53. The van der Waals surface area contributed by atoms with E-state index in [1.54, 1.807) is 12.1 Å². The van der Waals surface area contributed by atoms with Crippen molar-refractivity contribution < 1.29 is 8.42 Å². The smallest absolute Gasteiger partial charge is 0.207 e. The molecule has 0 aliphatic carbocycles. The zero-order valence-electron chi connectivity index (χ0n) is 11.2. The van der Waals surface area contributed by atoms with Gasteiger partial charge in [0.05, 0.1) is 10.0 Å². The zero-order chi connectivity index (χ0) is 15.1. The van der Waals surface area contributed by atoms with Crippen LogP contribution in [-0.2, 0) is 10.0 Å². The van der Waals surface area contributed by atoms with Gasteiger partial charge in [-0.15, -0.1) is 0 Å². The van der Waals surface area contributed by atoms with Gasteiger partial charge in [0.25, 0.3) is 0 Å². The summed E-state index contributed by atoms with van der Waals surface area (Å²) in [6.45, 7) is 3.85. The van der Waals surface area contributed by atoms with Crippen LogP contribution in [0.3, 0.4) is 0 Å². The molecule has 7 heteroatoms. The second-order valence-corrected chi connectivity index (χ2v) is 8.67. The Balaban J connectivity index is 2.55. The van der Waals surface area contributed by atoms with E-state index in [1.165, 1.54) is 4.31 Å². The topological polar surface area (TPSA) is 37.4 Å². The summed E-state index contributed by atoms with van der Waals surface area (Å²) in [6.07, 6.45) is 2.75. The standard InChI is InChI=1S/C13H16BrCl2NO2S/c1-8-4-3-5-9(2)17(8)20(18,19)13-11(15)6-10(14)7-12(13)16/h6-9H,3-5H2,1-2H3. The Bertz CT molecular complexity index is 588. The predicted molar refractivity (Wildman–Crippen MR) is 86.0 cm³/mol. The van der Waals surface area contributed by atoms with Gasteiger partial charge in [-0.3, -0.25) is 0 Å². The molecule has 0 radical (unpaired) electrons. The molecule has 2 atom stereocenters. The van der Waals surface area contributed by atoms with Gasteiger partial charge >= 0.3 is 0 Å². The highest BCUT2D eigenvalue weighted by Crippen LogP contribution is 2.38. The molecule has 3 nitrogen and oxygen atoms in total. The summed E-state index contributed by atoms with van der Waals surface area (Å²) in [6, 6.07) is 3.03. The number of nitrogens with zero attached hydrogens (tertiary/aromatic N) is 1. The summed E-state index contributed by atoms with van der Waals surface area (Å²) in [4.78, 5) is 0.00429. The lowest BCUT2D eigenvalue weighted by atomic mass is 10.0. The molecule has 1 aliphatic heterocycles. The molecule has 112 valence electrons. The average Bonchev–Trinajstić information content (AvgIpc) is 2.25. The van der Waals surface area contributed by atoms with Gasteiger partial charge in [0, 0.05) is 16.6 Å². The van der Waals surface area contributed by atoms with Crippen LogP contribution < -0.4 is 0 Å². The molecule has 0 N–H and O–H groups in total. The van der Waals surface area contributed by atoms with Gasteiger partial charge in [-0.2, -0.15) is 4.31 Å². The third-order valence-electron chi connectivity index (χ3n) is 3.61. The molecule has 0 amide bonds. The van der Waals surface area contributed by atoms with Crippen molar-refractivity contribution in [2.45, 2.75) is 50.1 Å². The van der Waals surface area contributed by atoms with Crippen LogP contribution >= 0.6 is 39.1 Å². The van der Waals surface area contributed by atoms with Crippen molar-refractivity contribution in [3.05, 3.63) is 26.7 Å². The molecule has 1 aromatic rings. The van der Waals surface area contributed by atoms with E-state index in [0.717, 1.165) is 19.3 Å². The lowest BCUT2D eigenvalue weighted by Gasteiger charge is -2.38. The fourth-order valence-electron chi connectivity index (χ4n) is 2.75. The van der Waals surface area contributed by atoms with Crippen molar-refractivity contribution in [3.63, 3.8) is 0 Å². The zero-order valence-corrected chi connectivity index (χ0v) is 15.2. The van der Waals surface area contributed by atoms with E-state index in [1.807, 2.05) is 13.8 Å². The van der Waals surface area contributed by atoms with Crippen molar-refractivity contribution in [1.82, 2.24) is 4.31 Å². The maximum absolute atomic E-state index is 12.9. The Morgan fingerprint density at radius 2 is 1.60 bits per heavy atom. The summed E-state index contributed by atoms with van der Waals surface area (Å²) >= 11 is 15.5. The Labute approximate surface area is 138 Å². The summed E-state index contributed by atoms with van der Waals surface area (Å²) in [5.41, 5.74) is 0. The average molecular weight is 401 g/mol. The number of hydrogen-bond donors (Lipinski definition) is 0. The number of piperidine rings is 1. The van der Waals surface area contributed by atoms with Gasteiger partial charge < -0.3 is 0 Å². The molecule has 20 heavy (non-hydrogen) atoms. The van der Waals surface area contributed by atoms with Crippen molar-refractivity contribution >= 4 is 49.2 Å². The van der Waals surface area contributed by atoms with Crippen molar-refractivity contribution in [2.75, 3.05) is 0 Å². The predicted octanol–water partition coefficient (Wildman–Crippen LogP) is 4.71. The van der Waals surface area contributed by atoms with Gasteiger partial charge in [-0.1, -0.05) is 45.6 Å². The highest BCUT2D eigenvalue weighted by Gasteiger charge is 2.38. The molecule has 2 unspecified atom stereocenters. The van der Waals surface area contributed by atoms with Crippen LogP contribution in [0.1, 0.15) is 33.1 Å². The first-order valence-electron chi connectivity index (χ1n) is 6.43. The first-order chi connectivity index (χ1) is 9.25. The number of sulfonamides is 1. The number of hydrogen-bond acceptors (Lipinski definition) is 2. The van der Waals surface area contributed by atoms with E-state index >= 15 is 0 Å². The summed E-state index contributed by atoms with van der Waals surface area (Å²) in [7, 11) is -3.69. The molecule has 0 aromatic heterocycles. The Kier molecular flexibility index (Phi) is 5.07. The normalized spacial score (nSPS) is 24.9. The van der Waals surface area contributed by atoms with E-state index < -0.39 is 10.0 Å². The number of benzene rings is 1. The fraction of sp³-hybridized carbons (Fsp3) is 0.538. The maximum Gasteiger partial charge on any atom is 0.246 e. The van der Waals surface area contributed by atoms with E-state index in [4.69, 9.17) is 23.2 Å². The highest BCUT2D eigenvalue weighted by atomic mass is 79.9. The first-order valence-corrected chi connectivity index (χ1v) is 9.42. The summed E-state index contributed by atoms with van der Waals surface area (Å²) in [5.74, 6) is 0. The van der Waals surface area contributed by atoms with E-state index in [0.29, 0.717) is 4.47 Å². The van der Waals surface area contributed by atoms with Gasteiger partial charge in [0.2, 0.25) is 10.0 Å². The second kappa shape index (κ2) is 6.13. The van der Waals surface area contributed by atoms with E-state index in [2.05, 4.69) is 15.9 Å². The minimum absolute atomic E-state index is 0.00429. The molecule has 2 rings (SSSR count). The second-order valence-electron chi connectivity index (χ2n) is 5.16. The van der Waals surface area contributed by atoms with Crippen molar-refractivity contribution in [3.8, 4) is 0 Å². The first kappa shape index (κ1) is 16.6. The molecule has 1 aromatic carbocycles. The van der Waals surface area contributed by atoms with Crippen LogP contribution in [0.2, 0.25) is 10.0 Å². The van der Waals surface area contributed by atoms with Crippen LogP contribution in [0, 0.1) is 0 Å². The number of halogens is 3. The number of rotatable bonds is 2. The largest absolute Gasteiger partial charge is 0.246 e. The quantitative estimate of drug-likeness (QED) is 0.720. The Hall–Kier alpha value is 0.190. The van der Waals surface area contributed by atoms with Gasteiger partial charge in [-0.25, -0.2) is 8.42 Å². The van der Waals surface area contributed by atoms with Crippen LogP contribution in [0.5, 0.6) is 0 Å². The SMILES string of the molecule is CC1CCCC(C)N1S(=O)(=O)c1c(Cl)cc(Br)cc1Cl. The maximum atomic E-state index is 12.9. The monoisotopic (exact) mass is 399 g/mol. The molecular weight excluding hydrogens is 385 g/mol. The minimum atomic E-state index is -3.69. The van der Waals surface area contributed by atoms with Crippen LogP contribution in [0.15, 0.2) is 21.5 Å². The van der Waals surface area contributed by atoms with E-state index in [9.17, 15) is 8.42 Å². The van der Waals surface area contributed by atoms with Gasteiger partial charge in [0.1, 0.15) is 4.90 Å². The lowest BCUT2D eigenvalue weighted by molar-refractivity contribution is 0.204. The molecule has 0 bridgehead atoms. The van der Waals surface area contributed by atoms with Crippen LogP contribution in [-0.4, -0.2) is 24.8 Å². The van der Waals surface area contributed by atoms with Gasteiger partial charge in [0.15, 0.2) is 0 Å². The van der Waals surface area contributed by atoms with Crippen LogP contribution in [0.25, 0.3) is 0 Å². The minimum Gasteiger partial charge on any atom is -0.207 e. The van der Waals surface area contributed by atoms with E-state index in [-0.39, 0.29) is 27.0 Å². The molecule has 1 heterocycles. The Morgan fingerprint density at radius 1 is 1.15 bits per heavy atom. The van der Waals surface area contributed by atoms with Crippen molar-refractivity contribution in [1.29, 1.82) is 0 Å². The molecule has 1 aliphatic rings. The van der Waals surface area contributed by atoms with Crippen molar-refractivity contribution in [2.24, 2.45) is 0 Å². The van der Waals surface area contributed by atoms with Crippen LogP contribution in [0.4, 0.5) is 0 Å². The van der Waals surface area contributed by atoms with Gasteiger partial charge in [-0.05, 0) is 38.8 Å². The molecule has 0 spiro atoms. The third-order valence-corrected chi connectivity index (χ3v) is 7.12. The highest BCUT2D eigenvalue weighted by molar-refractivity contribution is 9.10.